The molecule has 0 radical (unpaired) electrons. The normalized spacial score (nSPS) is 13.8. The Morgan fingerprint density at radius 3 is 1.39 bits per heavy atom. The fourth-order valence-electron chi connectivity index (χ4n) is 13.6. The first-order chi connectivity index (χ1) is 41.7. The van der Waals surface area contributed by atoms with Crippen molar-refractivity contribution >= 4 is 99.9 Å². The second-order valence-corrected chi connectivity index (χ2v) is 21.6. The molecule has 6 heteroatoms. The van der Waals surface area contributed by atoms with E-state index < -0.39 is 5.41 Å². The van der Waals surface area contributed by atoms with E-state index in [4.69, 9.17) is 18.2 Å². The zero-order valence-corrected chi connectivity index (χ0v) is 45.4. The van der Waals surface area contributed by atoms with Gasteiger partial charge in [-0.3, -0.25) is 4.98 Å². The van der Waals surface area contributed by atoms with Gasteiger partial charge in [0.2, 0.25) is 0 Å². The molecule has 1 aliphatic carbocycles. The standard InChI is InChI=1S/C78H49N3O3/c1-4-24-50(25-5-1)54-30-10-15-37-64(54)80(66-39-22-35-58-56-32-12-17-41-69(56)82-75(58)66)53-45-46-60-62(48-53)78(52-28-8-3-9-29-52,72-44-20-21-47-79-72)63-49-68(74-61-34-14-19-43-71(61)84-77(74)73(60)63)81(65-38-16-11-31-55(65)51-26-6-2-7-27-51)67-40-23-36-59-57-33-13-18-42-70(57)83-76(59)67/h1-49H. The molecule has 1 unspecified atom stereocenters. The number of anilines is 6. The first-order valence-corrected chi connectivity index (χ1v) is 28.5. The Kier molecular flexibility index (Phi) is 10.7. The van der Waals surface area contributed by atoms with Crippen LogP contribution in [0.4, 0.5) is 34.1 Å². The number of rotatable bonds is 10. The Labute approximate surface area is 484 Å². The smallest absolute Gasteiger partial charge is 0.159 e. The Bertz CT molecular complexity index is 5180. The third-order valence-corrected chi connectivity index (χ3v) is 17.2. The average Bonchev–Trinajstić information content (AvgIpc) is 1.96. The molecule has 0 saturated heterocycles. The van der Waals surface area contributed by atoms with E-state index in [1.54, 1.807) is 0 Å². The fraction of sp³-hybridized carbons (Fsp3) is 0.0128. The highest BCUT2D eigenvalue weighted by Gasteiger charge is 2.50. The van der Waals surface area contributed by atoms with Crippen LogP contribution in [0.3, 0.4) is 0 Å². The van der Waals surface area contributed by atoms with Gasteiger partial charge in [0.1, 0.15) is 22.3 Å². The van der Waals surface area contributed by atoms with Crippen molar-refractivity contribution in [1.82, 2.24) is 4.98 Å². The molecule has 16 aromatic rings. The second-order valence-electron chi connectivity index (χ2n) is 21.6. The summed E-state index contributed by atoms with van der Waals surface area (Å²) in [4.78, 5) is 10.3. The van der Waals surface area contributed by atoms with Gasteiger partial charge in [-0.25, -0.2) is 0 Å². The molecular formula is C78H49N3O3. The van der Waals surface area contributed by atoms with E-state index in [9.17, 15) is 0 Å². The zero-order valence-electron chi connectivity index (χ0n) is 45.4. The van der Waals surface area contributed by atoms with Crippen LogP contribution in [0.15, 0.2) is 311 Å². The molecule has 0 spiro atoms. The summed E-state index contributed by atoms with van der Waals surface area (Å²) in [5, 5.41) is 6.18. The van der Waals surface area contributed by atoms with Gasteiger partial charge in [0, 0.05) is 55.5 Å². The van der Waals surface area contributed by atoms with Gasteiger partial charge in [-0.2, -0.15) is 0 Å². The van der Waals surface area contributed by atoms with Crippen LogP contribution < -0.4 is 9.80 Å². The molecule has 84 heavy (non-hydrogen) atoms. The van der Waals surface area contributed by atoms with Gasteiger partial charge in [0.15, 0.2) is 11.2 Å². The minimum absolute atomic E-state index is 0.781. The van der Waals surface area contributed by atoms with Crippen LogP contribution in [0, 0.1) is 0 Å². The SMILES string of the molecule is c1ccc(-c2ccccc2N(c2ccc3c(c2)C(c2ccccc2)(c2ccccn2)c2cc(N(c4ccccc4-c4ccccc4)c4cccc5c4oc4ccccc45)c4c(oc5ccccc54)c2-3)c2cccc3c2oc2ccccc23)cc1. The van der Waals surface area contributed by atoms with Crippen molar-refractivity contribution in [3.05, 3.63) is 320 Å². The first-order valence-electron chi connectivity index (χ1n) is 28.5. The van der Waals surface area contributed by atoms with E-state index in [2.05, 4.69) is 283 Å². The van der Waals surface area contributed by atoms with Gasteiger partial charge in [-0.1, -0.05) is 218 Å². The number of benzene rings is 12. The van der Waals surface area contributed by atoms with Crippen molar-refractivity contribution < 1.29 is 13.3 Å². The highest BCUT2D eigenvalue weighted by Crippen LogP contribution is 2.62. The lowest BCUT2D eigenvalue weighted by atomic mass is 9.69. The van der Waals surface area contributed by atoms with E-state index in [1.165, 1.54) is 0 Å². The molecule has 0 fully saturated rings. The zero-order chi connectivity index (χ0) is 55.3. The largest absolute Gasteiger partial charge is 0.455 e. The predicted octanol–water partition coefficient (Wildman–Crippen LogP) is 21.4. The van der Waals surface area contributed by atoms with Crippen molar-refractivity contribution in [2.75, 3.05) is 9.80 Å². The van der Waals surface area contributed by atoms with E-state index in [-0.39, 0.29) is 0 Å². The Morgan fingerprint density at radius 1 is 0.310 bits per heavy atom. The molecule has 17 rings (SSSR count). The Balaban J connectivity index is 1.01. The third-order valence-electron chi connectivity index (χ3n) is 17.2. The van der Waals surface area contributed by atoms with Crippen LogP contribution in [0.25, 0.3) is 99.2 Å². The summed E-state index contributed by atoms with van der Waals surface area (Å²) >= 11 is 0. The van der Waals surface area contributed by atoms with Crippen LogP contribution in [-0.2, 0) is 5.41 Å². The lowest BCUT2D eigenvalue weighted by Gasteiger charge is -2.35. The topological polar surface area (TPSA) is 58.8 Å². The fourth-order valence-corrected chi connectivity index (χ4v) is 13.6. The molecule has 0 bridgehead atoms. The predicted molar refractivity (Wildman–Crippen MR) is 344 cm³/mol. The van der Waals surface area contributed by atoms with Gasteiger partial charge in [-0.05, 0) is 106 Å². The summed E-state index contributed by atoms with van der Waals surface area (Å²) in [7, 11) is 0. The second kappa shape index (κ2) is 18.9. The highest BCUT2D eigenvalue weighted by molar-refractivity contribution is 6.21. The number of furan rings is 3. The molecule has 4 heterocycles. The van der Waals surface area contributed by atoms with Crippen LogP contribution >= 0.6 is 0 Å². The first kappa shape index (κ1) is 47.6. The Hall–Kier alpha value is -11.2. The van der Waals surface area contributed by atoms with Crippen LogP contribution in [0.1, 0.15) is 22.4 Å². The number of hydrogen-bond donors (Lipinski definition) is 0. The van der Waals surface area contributed by atoms with Gasteiger partial charge < -0.3 is 23.1 Å². The van der Waals surface area contributed by atoms with E-state index >= 15 is 0 Å². The maximum atomic E-state index is 7.49. The van der Waals surface area contributed by atoms with Gasteiger partial charge >= 0.3 is 0 Å². The number of fused-ring (bicyclic) bond motifs is 13. The van der Waals surface area contributed by atoms with Crippen molar-refractivity contribution in [3.63, 3.8) is 0 Å². The molecule has 6 nitrogen and oxygen atoms in total. The average molecular weight is 1080 g/mol. The van der Waals surface area contributed by atoms with Gasteiger partial charge in [0.25, 0.3) is 0 Å². The number of nitrogens with zero attached hydrogens (tertiary/aromatic N) is 3. The number of pyridine rings is 1. The van der Waals surface area contributed by atoms with Crippen molar-refractivity contribution in [2.24, 2.45) is 0 Å². The maximum absolute atomic E-state index is 7.49. The van der Waals surface area contributed by atoms with Gasteiger partial charge in [-0.15, -0.1) is 0 Å². The Morgan fingerprint density at radius 2 is 0.786 bits per heavy atom. The minimum Gasteiger partial charge on any atom is -0.455 e. The van der Waals surface area contributed by atoms with E-state index in [0.717, 1.165) is 156 Å². The monoisotopic (exact) mass is 1080 g/mol. The highest BCUT2D eigenvalue weighted by atomic mass is 16.3. The summed E-state index contributed by atoms with van der Waals surface area (Å²) in [5.74, 6) is 0. The molecule has 0 aliphatic heterocycles. The molecule has 1 atom stereocenters. The van der Waals surface area contributed by atoms with E-state index in [0.29, 0.717) is 0 Å². The summed E-state index contributed by atoms with van der Waals surface area (Å²) in [6, 6.07) is 104. The molecule has 394 valence electrons. The minimum atomic E-state index is -1.02. The summed E-state index contributed by atoms with van der Waals surface area (Å²) < 4.78 is 21.5. The summed E-state index contributed by atoms with van der Waals surface area (Å²) in [6.45, 7) is 0. The molecule has 0 saturated carbocycles. The molecule has 0 amide bonds. The lowest BCUT2D eigenvalue weighted by molar-refractivity contribution is 0.667. The maximum Gasteiger partial charge on any atom is 0.159 e. The van der Waals surface area contributed by atoms with Crippen molar-refractivity contribution in [1.29, 1.82) is 0 Å². The number of aromatic nitrogens is 1. The van der Waals surface area contributed by atoms with Crippen LogP contribution in [0.2, 0.25) is 0 Å². The lowest BCUT2D eigenvalue weighted by Crippen LogP contribution is -2.30. The quantitative estimate of drug-likeness (QED) is 0.136. The van der Waals surface area contributed by atoms with Gasteiger partial charge in [0.05, 0.1) is 44.9 Å². The molecule has 0 N–H and O–H groups in total. The van der Waals surface area contributed by atoms with Crippen molar-refractivity contribution in [2.45, 2.75) is 5.41 Å². The van der Waals surface area contributed by atoms with Crippen molar-refractivity contribution in [3.8, 4) is 33.4 Å². The van der Waals surface area contributed by atoms with E-state index in [1.807, 2.05) is 24.4 Å². The number of para-hydroxylation sites is 7. The van der Waals surface area contributed by atoms with Crippen LogP contribution in [0.5, 0.6) is 0 Å². The number of hydrogen-bond acceptors (Lipinski definition) is 6. The summed E-state index contributed by atoms with van der Waals surface area (Å²) in [6.07, 6.45) is 1.93. The molecule has 12 aromatic carbocycles. The third kappa shape index (κ3) is 7.07. The summed E-state index contributed by atoms with van der Waals surface area (Å²) in [5.41, 5.74) is 19.9. The molecular weight excluding hydrogens is 1030 g/mol. The van der Waals surface area contributed by atoms with Crippen LogP contribution in [-0.4, -0.2) is 4.98 Å². The molecule has 1 aliphatic rings. The molecule has 4 aromatic heterocycles.